The van der Waals surface area contributed by atoms with E-state index in [4.69, 9.17) is 21.1 Å². The van der Waals surface area contributed by atoms with Gasteiger partial charge in [0.25, 0.3) is 0 Å². The number of carbonyl (C=O) groups is 1. The van der Waals surface area contributed by atoms with Gasteiger partial charge >= 0.3 is 0 Å². The summed E-state index contributed by atoms with van der Waals surface area (Å²) in [6.45, 7) is 3.69. The number of carbonyl (C=O) groups excluding carboxylic acids is 1. The maximum Gasteiger partial charge on any atom is 0.241 e. The van der Waals surface area contributed by atoms with Gasteiger partial charge in [-0.05, 0) is 49.7 Å². The Labute approximate surface area is 176 Å². The standard InChI is InChI=1S/C20H25ClN2O5S/c1-14(2)28-18-9-8-15(10-19(18)27-3)12-22-20(24)13-23(29(4,25)26)17-7-5-6-16(21)11-17/h5-11,14H,12-13H2,1-4H3,(H,22,24). The Hall–Kier alpha value is -2.45. The van der Waals surface area contributed by atoms with Gasteiger partial charge in [0.1, 0.15) is 6.54 Å². The molecule has 9 heteroatoms. The van der Waals surface area contributed by atoms with Crippen molar-refractivity contribution in [3.63, 3.8) is 0 Å². The number of benzene rings is 2. The number of methoxy groups -OCH3 is 1. The molecule has 0 heterocycles. The van der Waals surface area contributed by atoms with Crippen LogP contribution in [-0.4, -0.2) is 40.3 Å². The number of amides is 1. The van der Waals surface area contributed by atoms with Crippen LogP contribution in [0.4, 0.5) is 5.69 Å². The van der Waals surface area contributed by atoms with Crippen LogP contribution in [0.15, 0.2) is 42.5 Å². The smallest absolute Gasteiger partial charge is 0.241 e. The molecule has 0 fully saturated rings. The van der Waals surface area contributed by atoms with E-state index in [9.17, 15) is 13.2 Å². The van der Waals surface area contributed by atoms with Crippen LogP contribution in [0.1, 0.15) is 19.4 Å². The summed E-state index contributed by atoms with van der Waals surface area (Å²) in [4.78, 5) is 12.4. The molecular weight excluding hydrogens is 416 g/mol. The summed E-state index contributed by atoms with van der Waals surface area (Å²) in [6.07, 6.45) is 1.04. The molecular formula is C20H25ClN2O5S. The lowest BCUT2D eigenvalue weighted by atomic mass is 10.2. The number of hydrogen-bond donors (Lipinski definition) is 1. The highest BCUT2D eigenvalue weighted by Gasteiger charge is 2.21. The second-order valence-corrected chi connectivity index (χ2v) is 9.02. The van der Waals surface area contributed by atoms with E-state index < -0.39 is 15.9 Å². The summed E-state index contributed by atoms with van der Waals surface area (Å²) >= 11 is 5.95. The number of nitrogens with zero attached hydrogens (tertiary/aromatic N) is 1. The van der Waals surface area contributed by atoms with Gasteiger partial charge in [-0.1, -0.05) is 23.7 Å². The van der Waals surface area contributed by atoms with Crippen molar-refractivity contribution < 1.29 is 22.7 Å². The summed E-state index contributed by atoms with van der Waals surface area (Å²) in [5, 5.41) is 3.10. The van der Waals surface area contributed by atoms with Crippen LogP contribution in [0.5, 0.6) is 11.5 Å². The monoisotopic (exact) mass is 440 g/mol. The molecule has 0 bridgehead atoms. The summed E-state index contributed by atoms with van der Waals surface area (Å²) in [5.41, 5.74) is 1.12. The summed E-state index contributed by atoms with van der Waals surface area (Å²) < 4.78 is 36.3. The largest absolute Gasteiger partial charge is 0.493 e. The number of anilines is 1. The molecule has 2 aromatic carbocycles. The minimum atomic E-state index is -3.66. The first-order valence-corrected chi connectivity index (χ1v) is 11.2. The van der Waals surface area contributed by atoms with Crippen molar-refractivity contribution in [1.29, 1.82) is 0 Å². The average Bonchev–Trinajstić information content (AvgIpc) is 2.63. The van der Waals surface area contributed by atoms with Crippen LogP contribution >= 0.6 is 11.6 Å². The Bertz CT molecular complexity index is 963. The zero-order chi connectivity index (χ0) is 21.6. The lowest BCUT2D eigenvalue weighted by Gasteiger charge is -2.22. The highest BCUT2D eigenvalue weighted by Crippen LogP contribution is 2.29. The van der Waals surface area contributed by atoms with Gasteiger partial charge in [0.05, 0.1) is 25.2 Å². The van der Waals surface area contributed by atoms with Crippen LogP contribution in [-0.2, 0) is 21.4 Å². The van der Waals surface area contributed by atoms with Crippen molar-refractivity contribution in [2.24, 2.45) is 0 Å². The third-order valence-electron chi connectivity index (χ3n) is 3.86. The molecule has 2 aromatic rings. The number of sulfonamides is 1. The number of ether oxygens (including phenoxy) is 2. The molecule has 1 N–H and O–H groups in total. The Morgan fingerprint density at radius 3 is 2.48 bits per heavy atom. The number of hydrogen-bond acceptors (Lipinski definition) is 5. The molecule has 0 aliphatic heterocycles. The van der Waals surface area contributed by atoms with E-state index in [1.807, 2.05) is 19.9 Å². The molecule has 2 rings (SSSR count). The van der Waals surface area contributed by atoms with E-state index in [2.05, 4.69) is 5.32 Å². The van der Waals surface area contributed by atoms with Crippen molar-refractivity contribution in [3.8, 4) is 11.5 Å². The van der Waals surface area contributed by atoms with E-state index in [-0.39, 0.29) is 19.2 Å². The molecule has 0 aliphatic rings. The lowest BCUT2D eigenvalue weighted by molar-refractivity contribution is -0.119. The molecule has 0 atom stereocenters. The Balaban J connectivity index is 2.07. The topological polar surface area (TPSA) is 84.9 Å². The number of rotatable bonds is 9. The second kappa shape index (κ2) is 9.84. The first-order valence-electron chi connectivity index (χ1n) is 8.93. The van der Waals surface area contributed by atoms with Gasteiger partial charge in [-0.25, -0.2) is 8.42 Å². The summed E-state index contributed by atoms with van der Waals surface area (Å²) in [7, 11) is -2.12. The number of halogens is 1. The first-order chi connectivity index (χ1) is 13.6. The van der Waals surface area contributed by atoms with Crippen LogP contribution < -0.4 is 19.1 Å². The maximum atomic E-state index is 12.4. The molecule has 0 aromatic heterocycles. The van der Waals surface area contributed by atoms with Gasteiger partial charge in [-0.3, -0.25) is 9.10 Å². The van der Waals surface area contributed by atoms with Crippen molar-refractivity contribution in [3.05, 3.63) is 53.1 Å². The van der Waals surface area contributed by atoms with Crippen molar-refractivity contribution in [2.75, 3.05) is 24.2 Å². The van der Waals surface area contributed by atoms with E-state index in [1.54, 1.807) is 37.4 Å². The number of nitrogens with one attached hydrogen (secondary N) is 1. The fourth-order valence-electron chi connectivity index (χ4n) is 2.59. The predicted octanol–water partition coefficient (Wildman–Crippen LogP) is 3.22. The molecule has 0 saturated heterocycles. The Morgan fingerprint density at radius 2 is 1.90 bits per heavy atom. The van der Waals surface area contributed by atoms with Crippen molar-refractivity contribution in [2.45, 2.75) is 26.5 Å². The van der Waals surface area contributed by atoms with Crippen molar-refractivity contribution in [1.82, 2.24) is 5.32 Å². The quantitative estimate of drug-likeness (QED) is 0.647. The molecule has 158 valence electrons. The summed E-state index contributed by atoms with van der Waals surface area (Å²) in [6, 6.07) is 11.7. The van der Waals surface area contributed by atoms with E-state index in [0.717, 1.165) is 16.1 Å². The van der Waals surface area contributed by atoms with Crippen LogP contribution in [0, 0.1) is 0 Å². The van der Waals surface area contributed by atoms with Crippen LogP contribution in [0.3, 0.4) is 0 Å². The predicted molar refractivity (Wildman–Crippen MR) is 114 cm³/mol. The van der Waals surface area contributed by atoms with Gasteiger partial charge in [-0.2, -0.15) is 0 Å². The zero-order valence-corrected chi connectivity index (χ0v) is 18.4. The molecule has 0 radical (unpaired) electrons. The van der Waals surface area contributed by atoms with Crippen molar-refractivity contribution >= 4 is 33.2 Å². The maximum absolute atomic E-state index is 12.4. The van der Waals surface area contributed by atoms with Gasteiger partial charge in [-0.15, -0.1) is 0 Å². The molecule has 0 aliphatic carbocycles. The normalized spacial score (nSPS) is 11.2. The highest BCUT2D eigenvalue weighted by molar-refractivity contribution is 7.92. The Morgan fingerprint density at radius 1 is 1.17 bits per heavy atom. The average molecular weight is 441 g/mol. The first kappa shape index (κ1) is 22.8. The molecule has 29 heavy (non-hydrogen) atoms. The van der Waals surface area contributed by atoms with Gasteiger partial charge in [0.15, 0.2) is 11.5 Å². The highest BCUT2D eigenvalue weighted by atomic mass is 35.5. The van der Waals surface area contributed by atoms with E-state index in [1.165, 1.54) is 6.07 Å². The SMILES string of the molecule is COc1cc(CNC(=O)CN(c2cccc(Cl)c2)S(C)(=O)=O)ccc1OC(C)C. The fraction of sp³-hybridized carbons (Fsp3) is 0.350. The van der Waals surface area contributed by atoms with Gasteiger partial charge in [0, 0.05) is 11.6 Å². The minimum absolute atomic E-state index is 0.00270. The van der Waals surface area contributed by atoms with Crippen LogP contribution in [0.25, 0.3) is 0 Å². The van der Waals surface area contributed by atoms with Crippen LogP contribution in [0.2, 0.25) is 5.02 Å². The van der Waals surface area contributed by atoms with E-state index >= 15 is 0 Å². The van der Waals surface area contributed by atoms with Gasteiger partial charge in [0.2, 0.25) is 15.9 Å². The molecule has 0 unspecified atom stereocenters. The Kier molecular flexibility index (Phi) is 7.75. The van der Waals surface area contributed by atoms with E-state index in [0.29, 0.717) is 22.2 Å². The molecule has 7 nitrogen and oxygen atoms in total. The third kappa shape index (κ3) is 6.83. The minimum Gasteiger partial charge on any atom is -0.493 e. The zero-order valence-electron chi connectivity index (χ0n) is 16.8. The summed E-state index contributed by atoms with van der Waals surface area (Å²) in [5.74, 6) is 0.723. The third-order valence-corrected chi connectivity index (χ3v) is 5.24. The molecule has 1 amide bonds. The second-order valence-electron chi connectivity index (χ2n) is 6.68. The lowest BCUT2D eigenvalue weighted by Crippen LogP contribution is -2.40. The fourth-order valence-corrected chi connectivity index (χ4v) is 3.62. The van der Waals surface area contributed by atoms with Gasteiger partial charge < -0.3 is 14.8 Å². The molecule has 0 spiro atoms. The molecule has 0 saturated carbocycles.